The van der Waals surface area contributed by atoms with E-state index in [1.54, 1.807) is 24.3 Å². The van der Waals surface area contributed by atoms with Gasteiger partial charge in [0.1, 0.15) is 5.75 Å². The summed E-state index contributed by atoms with van der Waals surface area (Å²) in [7, 11) is 1.51. The molecule has 1 unspecified atom stereocenters. The van der Waals surface area contributed by atoms with Crippen molar-refractivity contribution in [3.05, 3.63) is 29.8 Å². The van der Waals surface area contributed by atoms with Gasteiger partial charge in [0.15, 0.2) is 0 Å². The Morgan fingerprint density at radius 2 is 2.04 bits per heavy atom. The first-order valence-electron chi connectivity index (χ1n) is 8.21. The lowest BCUT2D eigenvalue weighted by Crippen LogP contribution is -2.44. The van der Waals surface area contributed by atoms with Gasteiger partial charge in [0.2, 0.25) is 11.8 Å². The lowest BCUT2D eigenvalue weighted by Gasteiger charge is -2.28. The number of carbonyl (C=O) groups excluding carboxylic acids is 2. The fraction of sp³-hybridized carbons (Fsp3) is 0.500. The third-order valence-electron chi connectivity index (χ3n) is 5.12. The van der Waals surface area contributed by atoms with Gasteiger partial charge >= 0.3 is 5.97 Å². The highest BCUT2D eigenvalue weighted by molar-refractivity contribution is 6.10. The summed E-state index contributed by atoms with van der Waals surface area (Å²) < 4.78 is 5.20. The van der Waals surface area contributed by atoms with E-state index < -0.39 is 17.8 Å². The number of hydrogen-bond acceptors (Lipinski definition) is 4. The Balaban J connectivity index is 2.04. The number of carboxylic acid groups (broad SMARTS) is 1. The molecule has 0 spiro atoms. The minimum absolute atomic E-state index is 0.0914. The highest BCUT2D eigenvalue weighted by Gasteiger charge is 2.55. The molecule has 1 saturated heterocycles. The average Bonchev–Trinajstić information content (AvgIpc) is 3.15. The van der Waals surface area contributed by atoms with Crippen LogP contribution in [0.15, 0.2) is 24.3 Å². The van der Waals surface area contributed by atoms with Gasteiger partial charge in [-0.3, -0.25) is 19.3 Å². The Labute approximate surface area is 140 Å². The Morgan fingerprint density at radius 3 is 2.67 bits per heavy atom. The molecule has 2 fully saturated rings. The molecule has 0 aromatic heterocycles. The van der Waals surface area contributed by atoms with Crippen LogP contribution in [0.3, 0.4) is 0 Å². The Bertz CT molecular complexity index is 680. The predicted molar refractivity (Wildman–Crippen MR) is 85.7 cm³/mol. The molecular weight excluding hydrogens is 310 g/mol. The summed E-state index contributed by atoms with van der Waals surface area (Å²) in [6.45, 7) is 0. The zero-order valence-electron chi connectivity index (χ0n) is 13.7. The van der Waals surface area contributed by atoms with Crippen molar-refractivity contribution in [3.8, 4) is 5.75 Å². The second-order valence-electron chi connectivity index (χ2n) is 6.57. The molecule has 128 valence electrons. The number of methoxy groups -OCH3 is 1. The minimum Gasteiger partial charge on any atom is -0.497 e. The minimum atomic E-state index is -1.33. The third kappa shape index (κ3) is 2.66. The summed E-state index contributed by atoms with van der Waals surface area (Å²) in [4.78, 5) is 38.5. The van der Waals surface area contributed by atoms with Gasteiger partial charge in [-0.15, -0.1) is 0 Å². The molecule has 1 heterocycles. The van der Waals surface area contributed by atoms with E-state index in [0.717, 1.165) is 25.7 Å². The van der Waals surface area contributed by atoms with Crippen molar-refractivity contribution in [2.24, 2.45) is 0 Å². The lowest BCUT2D eigenvalue weighted by atomic mass is 9.76. The number of likely N-dealkylation sites (tertiary alicyclic amines) is 1. The lowest BCUT2D eigenvalue weighted by molar-refractivity contribution is -0.146. The monoisotopic (exact) mass is 331 g/mol. The smallest absolute Gasteiger partial charge is 0.304 e. The molecule has 24 heavy (non-hydrogen) atoms. The van der Waals surface area contributed by atoms with Crippen molar-refractivity contribution in [1.82, 2.24) is 4.90 Å². The molecule has 0 bridgehead atoms. The molecule has 1 saturated carbocycles. The van der Waals surface area contributed by atoms with Crippen LogP contribution < -0.4 is 4.74 Å². The second-order valence-corrected chi connectivity index (χ2v) is 6.57. The van der Waals surface area contributed by atoms with Crippen molar-refractivity contribution in [1.29, 1.82) is 0 Å². The molecule has 2 amide bonds. The summed E-state index contributed by atoms with van der Waals surface area (Å²) in [6.07, 6.45) is 3.10. The standard InChI is InChI=1S/C18H21NO5/c1-24-14-8-4-5-12(9-14)18(11-16(21)22)10-15(20)19(17(18)23)13-6-2-3-7-13/h4-5,8-9,13H,2-3,6-7,10-11H2,1H3,(H,21,22). The Morgan fingerprint density at radius 1 is 1.33 bits per heavy atom. The van der Waals surface area contributed by atoms with Crippen molar-refractivity contribution in [2.45, 2.75) is 50.0 Å². The first-order valence-corrected chi connectivity index (χ1v) is 8.21. The fourth-order valence-electron chi connectivity index (χ4n) is 3.94. The van der Waals surface area contributed by atoms with E-state index in [-0.39, 0.29) is 24.3 Å². The van der Waals surface area contributed by atoms with Crippen LogP contribution in [0, 0.1) is 0 Å². The van der Waals surface area contributed by atoms with Crippen LogP contribution in [-0.2, 0) is 19.8 Å². The van der Waals surface area contributed by atoms with E-state index in [1.807, 2.05) is 0 Å². The average molecular weight is 331 g/mol. The van der Waals surface area contributed by atoms with Crippen LogP contribution in [0.4, 0.5) is 0 Å². The Kier molecular flexibility index (Phi) is 4.30. The zero-order valence-corrected chi connectivity index (χ0v) is 13.7. The number of imide groups is 1. The van der Waals surface area contributed by atoms with Gasteiger partial charge in [0.25, 0.3) is 0 Å². The van der Waals surface area contributed by atoms with Gasteiger partial charge in [-0.25, -0.2) is 0 Å². The van der Waals surface area contributed by atoms with Crippen LogP contribution in [0.2, 0.25) is 0 Å². The highest BCUT2D eigenvalue weighted by atomic mass is 16.5. The summed E-state index contributed by atoms with van der Waals surface area (Å²) in [5.74, 6) is -1.20. The van der Waals surface area contributed by atoms with Crippen LogP contribution in [-0.4, -0.2) is 40.9 Å². The van der Waals surface area contributed by atoms with Crippen molar-refractivity contribution in [3.63, 3.8) is 0 Å². The highest BCUT2D eigenvalue weighted by Crippen LogP contribution is 2.43. The molecule has 1 aliphatic carbocycles. The number of carboxylic acids is 1. The topological polar surface area (TPSA) is 83.9 Å². The van der Waals surface area contributed by atoms with E-state index in [0.29, 0.717) is 11.3 Å². The van der Waals surface area contributed by atoms with Crippen molar-refractivity contribution in [2.75, 3.05) is 7.11 Å². The fourth-order valence-corrected chi connectivity index (χ4v) is 3.94. The van der Waals surface area contributed by atoms with Crippen LogP contribution in [0.1, 0.15) is 44.1 Å². The quantitative estimate of drug-likeness (QED) is 0.836. The zero-order chi connectivity index (χ0) is 17.3. The number of nitrogens with zero attached hydrogens (tertiary/aromatic N) is 1. The third-order valence-corrected chi connectivity index (χ3v) is 5.12. The molecule has 0 radical (unpaired) electrons. The molecule has 1 atom stereocenters. The van der Waals surface area contributed by atoms with Gasteiger partial charge in [0, 0.05) is 12.5 Å². The van der Waals surface area contributed by atoms with Gasteiger partial charge in [-0.1, -0.05) is 25.0 Å². The maximum Gasteiger partial charge on any atom is 0.304 e. The van der Waals surface area contributed by atoms with Crippen LogP contribution >= 0.6 is 0 Å². The maximum absolute atomic E-state index is 13.2. The number of aliphatic carboxylic acids is 1. The Hall–Kier alpha value is -2.37. The van der Waals surface area contributed by atoms with Gasteiger partial charge < -0.3 is 9.84 Å². The molecule has 1 N–H and O–H groups in total. The molecule has 2 aliphatic rings. The number of amides is 2. The number of benzene rings is 1. The van der Waals surface area contributed by atoms with E-state index in [9.17, 15) is 19.5 Å². The van der Waals surface area contributed by atoms with Gasteiger partial charge in [-0.05, 0) is 30.5 Å². The van der Waals surface area contributed by atoms with E-state index in [4.69, 9.17) is 4.74 Å². The normalized spacial score (nSPS) is 24.6. The first kappa shape index (κ1) is 16.5. The summed E-state index contributed by atoms with van der Waals surface area (Å²) in [6, 6.07) is 6.72. The van der Waals surface area contributed by atoms with E-state index in [1.165, 1.54) is 12.0 Å². The molecule has 1 aromatic carbocycles. The summed E-state index contributed by atoms with van der Waals surface area (Å²) >= 11 is 0. The van der Waals surface area contributed by atoms with Crippen LogP contribution in [0.5, 0.6) is 5.75 Å². The SMILES string of the molecule is COc1cccc(C2(CC(=O)O)CC(=O)N(C3CCCC3)C2=O)c1. The number of carbonyl (C=O) groups is 3. The molecule has 3 rings (SSSR count). The number of ether oxygens (including phenoxy) is 1. The molecule has 6 nitrogen and oxygen atoms in total. The number of hydrogen-bond donors (Lipinski definition) is 1. The molecule has 6 heteroatoms. The van der Waals surface area contributed by atoms with Gasteiger partial charge in [0.05, 0.1) is 18.9 Å². The van der Waals surface area contributed by atoms with Crippen LogP contribution in [0.25, 0.3) is 0 Å². The second kappa shape index (κ2) is 6.26. The molecule has 1 aromatic rings. The molecule has 1 aliphatic heterocycles. The number of rotatable bonds is 5. The van der Waals surface area contributed by atoms with Crippen molar-refractivity contribution < 1.29 is 24.2 Å². The summed E-state index contributed by atoms with van der Waals surface area (Å²) in [5.41, 5.74) is -0.803. The van der Waals surface area contributed by atoms with Gasteiger partial charge in [-0.2, -0.15) is 0 Å². The maximum atomic E-state index is 13.2. The largest absolute Gasteiger partial charge is 0.497 e. The van der Waals surface area contributed by atoms with E-state index in [2.05, 4.69) is 0 Å². The first-order chi connectivity index (χ1) is 11.5. The summed E-state index contributed by atoms with van der Waals surface area (Å²) in [5, 5.41) is 9.37. The predicted octanol–water partition coefficient (Wildman–Crippen LogP) is 2.11. The van der Waals surface area contributed by atoms with E-state index >= 15 is 0 Å². The molecular formula is C18H21NO5. The van der Waals surface area contributed by atoms with Crippen molar-refractivity contribution >= 4 is 17.8 Å².